The molecule has 18 heavy (non-hydrogen) atoms. The molecule has 0 unspecified atom stereocenters. The van der Waals surface area contributed by atoms with Crippen LogP contribution in [-0.2, 0) is 6.54 Å². The second-order valence-electron chi connectivity index (χ2n) is 4.85. The molecule has 0 saturated carbocycles. The van der Waals surface area contributed by atoms with Gasteiger partial charge < -0.3 is 15.1 Å². The number of nitrogen functional groups attached to an aromatic ring is 1. The maximum atomic E-state index is 6.12. The highest BCUT2D eigenvalue weighted by Crippen LogP contribution is 2.29. The van der Waals surface area contributed by atoms with E-state index in [2.05, 4.69) is 23.8 Å². The first-order valence-corrected chi connectivity index (χ1v) is 6.07. The van der Waals surface area contributed by atoms with Crippen molar-refractivity contribution in [1.29, 1.82) is 0 Å². The van der Waals surface area contributed by atoms with Gasteiger partial charge in [0.15, 0.2) is 5.82 Å². The normalized spacial score (nSPS) is 11.2. The molecule has 0 radical (unpaired) electrons. The van der Waals surface area contributed by atoms with Crippen molar-refractivity contribution in [3.05, 3.63) is 29.9 Å². The van der Waals surface area contributed by atoms with Gasteiger partial charge in [-0.15, -0.1) is 0 Å². The van der Waals surface area contributed by atoms with Gasteiger partial charge in [-0.25, -0.2) is 4.68 Å². The first-order valence-electron chi connectivity index (χ1n) is 6.07. The molecule has 2 heterocycles. The average Bonchev–Trinajstić information content (AvgIpc) is 2.88. The molecule has 0 aromatic carbocycles. The average molecular weight is 248 g/mol. The molecule has 0 spiro atoms. The molecule has 5 heteroatoms. The van der Waals surface area contributed by atoms with Gasteiger partial charge in [0.05, 0.1) is 23.9 Å². The highest BCUT2D eigenvalue weighted by Gasteiger charge is 2.18. The van der Waals surface area contributed by atoms with Crippen molar-refractivity contribution in [2.24, 2.45) is 0 Å². The molecule has 0 bridgehead atoms. The molecule has 0 amide bonds. The van der Waals surface area contributed by atoms with Crippen LogP contribution in [-0.4, -0.2) is 16.8 Å². The van der Waals surface area contributed by atoms with E-state index in [-0.39, 0.29) is 6.04 Å². The van der Waals surface area contributed by atoms with Crippen molar-refractivity contribution in [2.75, 3.05) is 17.7 Å². The molecule has 0 atom stereocenters. The fourth-order valence-corrected chi connectivity index (χ4v) is 2.02. The molecule has 0 saturated heterocycles. The van der Waals surface area contributed by atoms with Crippen LogP contribution in [0.4, 0.5) is 11.5 Å². The predicted molar refractivity (Wildman–Crippen MR) is 72.6 cm³/mol. The van der Waals surface area contributed by atoms with E-state index in [4.69, 9.17) is 10.2 Å². The van der Waals surface area contributed by atoms with Crippen LogP contribution in [0.1, 0.15) is 31.1 Å². The van der Waals surface area contributed by atoms with Gasteiger partial charge in [-0.05, 0) is 26.8 Å². The third kappa shape index (κ3) is 2.20. The van der Waals surface area contributed by atoms with Gasteiger partial charge >= 0.3 is 0 Å². The van der Waals surface area contributed by atoms with E-state index < -0.39 is 0 Å². The Morgan fingerprint density at radius 1 is 1.50 bits per heavy atom. The Bertz CT molecular complexity index is 513. The molecule has 2 rings (SSSR count). The lowest BCUT2D eigenvalue weighted by molar-refractivity contribution is 0.525. The summed E-state index contributed by atoms with van der Waals surface area (Å²) in [6.45, 7) is 6.88. The molecule has 2 aromatic rings. The van der Waals surface area contributed by atoms with Gasteiger partial charge in [0.2, 0.25) is 0 Å². The van der Waals surface area contributed by atoms with E-state index >= 15 is 0 Å². The Hall–Kier alpha value is -1.91. The number of nitrogens with two attached hydrogens (primary N) is 1. The molecule has 2 aromatic heterocycles. The molecule has 0 aliphatic carbocycles. The third-order valence-corrected chi connectivity index (χ3v) is 2.96. The molecule has 0 fully saturated rings. The molecule has 2 N–H and O–H groups in total. The standard InChI is InChI=1S/C13H20N4O/c1-9(2)17-13(12(14)10(3)15-17)16(4)7-11-5-6-18-8-11/h5-6,8-9H,7,14H2,1-4H3. The van der Waals surface area contributed by atoms with E-state index in [0.29, 0.717) is 0 Å². The molecule has 98 valence electrons. The highest BCUT2D eigenvalue weighted by molar-refractivity contribution is 5.66. The molecule has 5 nitrogen and oxygen atoms in total. The van der Waals surface area contributed by atoms with E-state index in [1.165, 1.54) is 0 Å². The Morgan fingerprint density at radius 3 is 2.78 bits per heavy atom. The lowest BCUT2D eigenvalue weighted by atomic mass is 10.3. The van der Waals surface area contributed by atoms with Gasteiger partial charge in [0.1, 0.15) is 0 Å². The zero-order valence-electron chi connectivity index (χ0n) is 11.3. The summed E-state index contributed by atoms with van der Waals surface area (Å²) >= 11 is 0. The van der Waals surface area contributed by atoms with Gasteiger partial charge in [0.25, 0.3) is 0 Å². The molecule has 0 aliphatic heterocycles. The van der Waals surface area contributed by atoms with Crippen LogP contribution in [0.25, 0.3) is 0 Å². The fourth-order valence-electron chi connectivity index (χ4n) is 2.02. The topological polar surface area (TPSA) is 60.2 Å². The summed E-state index contributed by atoms with van der Waals surface area (Å²) in [6, 6.07) is 2.23. The largest absolute Gasteiger partial charge is 0.472 e. The molecule has 0 aliphatic rings. The van der Waals surface area contributed by atoms with Crippen molar-refractivity contribution < 1.29 is 4.42 Å². The minimum atomic E-state index is 0.280. The van der Waals surface area contributed by atoms with Crippen LogP contribution in [0.2, 0.25) is 0 Å². The number of nitrogens with zero attached hydrogens (tertiary/aromatic N) is 3. The lowest BCUT2D eigenvalue weighted by Gasteiger charge is -2.22. The zero-order chi connectivity index (χ0) is 13.3. The van der Waals surface area contributed by atoms with E-state index in [0.717, 1.165) is 29.3 Å². The number of hydrogen-bond acceptors (Lipinski definition) is 4. The zero-order valence-corrected chi connectivity index (χ0v) is 11.3. The monoisotopic (exact) mass is 248 g/mol. The number of aromatic nitrogens is 2. The Kier molecular flexibility index (Phi) is 3.32. The quantitative estimate of drug-likeness (QED) is 0.903. The van der Waals surface area contributed by atoms with E-state index in [9.17, 15) is 0 Å². The van der Waals surface area contributed by atoms with Crippen molar-refractivity contribution in [3.8, 4) is 0 Å². The summed E-state index contributed by atoms with van der Waals surface area (Å²) in [5.41, 5.74) is 8.86. The summed E-state index contributed by atoms with van der Waals surface area (Å²) in [4.78, 5) is 2.10. The minimum absolute atomic E-state index is 0.280. The summed E-state index contributed by atoms with van der Waals surface area (Å²) in [6.07, 6.45) is 3.42. The maximum Gasteiger partial charge on any atom is 0.150 e. The first-order chi connectivity index (χ1) is 8.50. The fraction of sp³-hybridized carbons (Fsp3) is 0.462. The van der Waals surface area contributed by atoms with Crippen molar-refractivity contribution in [3.63, 3.8) is 0 Å². The highest BCUT2D eigenvalue weighted by atomic mass is 16.3. The second kappa shape index (κ2) is 4.76. The van der Waals surface area contributed by atoms with Crippen LogP contribution in [0.3, 0.4) is 0 Å². The number of anilines is 2. The van der Waals surface area contributed by atoms with Gasteiger partial charge in [0, 0.05) is 25.2 Å². The Balaban J connectivity index is 2.31. The van der Waals surface area contributed by atoms with E-state index in [1.807, 2.05) is 24.7 Å². The van der Waals surface area contributed by atoms with Gasteiger partial charge in [-0.2, -0.15) is 5.10 Å². The van der Waals surface area contributed by atoms with Crippen LogP contribution in [0.5, 0.6) is 0 Å². The second-order valence-corrected chi connectivity index (χ2v) is 4.85. The van der Waals surface area contributed by atoms with Gasteiger partial charge in [-0.1, -0.05) is 0 Å². The minimum Gasteiger partial charge on any atom is -0.472 e. The van der Waals surface area contributed by atoms with Crippen molar-refractivity contribution in [1.82, 2.24) is 9.78 Å². The number of aryl methyl sites for hydroxylation is 1. The first kappa shape index (κ1) is 12.5. The maximum absolute atomic E-state index is 6.12. The van der Waals surface area contributed by atoms with Crippen molar-refractivity contribution >= 4 is 11.5 Å². The van der Waals surface area contributed by atoms with Crippen LogP contribution in [0.15, 0.2) is 23.0 Å². The Morgan fingerprint density at radius 2 is 2.22 bits per heavy atom. The van der Waals surface area contributed by atoms with Crippen molar-refractivity contribution in [2.45, 2.75) is 33.4 Å². The molecular formula is C13H20N4O. The summed E-state index contributed by atoms with van der Waals surface area (Å²) in [7, 11) is 2.01. The predicted octanol–water partition coefficient (Wildman–Crippen LogP) is 2.58. The molecular weight excluding hydrogens is 228 g/mol. The van der Waals surface area contributed by atoms with E-state index in [1.54, 1.807) is 12.5 Å². The smallest absolute Gasteiger partial charge is 0.150 e. The van der Waals surface area contributed by atoms with Gasteiger partial charge in [-0.3, -0.25) is 0 Å². The van der Waals surface area contributed by atoms with Crippen LogP contribution >= 0.6 is 0 Å². The summed E-state index contributed by atoms with van der Waals surface area (Å²) in [5, 5.41) is 4.49. The SMILES string of the molecule is Cc1nn(C(C)C)c(N(C)Cc2ccoc2)c1N. The van der Waals surface area contributed by atoms with Crippen LogP contribution < -0.4 is 10.6 Å². The lowest BCUT2D eigenvalue weighted by Crippen LogP contribution is -2.22. The number of hydrogen-bond donors (Lipinski definition) is 1. The third-order valence-electron chi connectivity index (χ3n) is 2.96. The van der Waals surface area contributed by atoms with Crippen LogP contribution in [0, 0.1) is 6.92 Å². The summed E-state index contributed by atoms with van der Waals surface area (Å²) in [5.74, 6) is 0.962. The summed E-state index contributed by atoms with van der Waals surface area (Å²) < 4.78 is 7.05. The number of furan rings is 1. The Labute approximate surface area is 107 Å². The number of rotatable bonds is 4.